The fourth-order valence-electron chi connectivity index (χ4n) is 2.31. The lowest BCUT2D eigenvalue weighted by molar-refractivity contribution is -0.0681. The van der Waals surface area contributed by atoms with Gasteiger partial charge in [0.2, 0.25) is 0 Å². The minimum atomic E-state index is 0.0695. The normalized spacial score (nSPS) is 28.8. The molecule has 1 saturated heterocycles. The van der Waals surface area contributed by atoms with Crippen molar-refractivity contribution in [2.24, 2.45) is 0 Å². The lowest BCUT2D eigenvalue weighted by atomic mass is 10.1. The molecule has 1 unspecified atom stereocenters. The monoisotopic (exact) mass is 242 g/mol. The second-order valence-electron chi connectivity index (χ2n) is 5.38. The van der Waals surface area contributed by atoms with E-state index in [1.807, 2.05) is 0 Å². The summed E-state index contributed by atoms with van der Waals surface area (Å²) in [6, 6.07) is 0. The van der Waals surface area contributed by atoms with Gasteiger partial charge in [-0.25, -0.2) is 0 Å². The standard InChI is InChI=1S/C15H30O2/c1-4-5-6-7-8-9-10-11-12-15-16-13(2)14(3)17-15/h13-15H,4-12H2,1-3H3/t13-,14+,15?. The quantitative estimate of drug-likeness (QED) is 0.547. The molecular formula is C15H30O2. The van der Waals surface area contributed by atoms with Gasteiger partial charge in [-0.2, -0.15) is 0 Å². The van der Waals surface area contributed by atoms with Crippen molar-refractivity contribution in [1.29, 1.82) is 0 Å². The molecule has 0 spiro atoms. The van der Waals surface area contributed by atoms with Gasteiger partial charge in [-0.3, -0.25) is 0 Å². The van der Waals surface area contributed by atoms with E-state index < -0.39 is 0 Å². The second kappa shape index (κ2) is 8.93. The van der Waals surface area contributed by atoms with E-state index in [2.05, 4.69) is 20.8 Å². The van der Waals surface area contributed by atoms with Gasteiger partial charge in [0.15, 0.2) is 6.29 Å². The molecule has 0 N–H and O–H groups in total. The summed E-state index contributed by atoms with van der Waals surface area (Å²) in [6.45, 7) is 6.46. The molecule has 0 amide bonds. The molecule has 0 radical (unpaired) electrons. The van der Waals surface area contributed by atoms with E-state index >= 15 is 0 Å². The van der Waals surface area contributed by atoms with Crippen molar-refractivity contribution in [1.82, 2.24) is 0 Å². The highest BCUT2D eigenvalue weighted by Crippen LogP contribution is 2.22. The Balaban J connectivity index is 1.85. The summed E-state index contributed by atoms with van der Waals surface area (Å²) in [5.74, 6) is 0. The van der Waals surface area contributed by atoms with Crippen LogP contribution in [0.5, 0.6) is 0 Å². The first-order valence-corrected chi connectivity index (χ1v) is 7.55. The molecule has 0 aromatic rings. The third-order valence-corrected chi connectivity index (χ3v) is 3.69. The van der Waals surface area contributed by atoms with Crippen molar-refractivity contribution in [3.05, 3.63) is 0 Å². The van der Waals surface area contributed by atoms with Crippen LogP contribution in [0.3, 0.4) is 0 Å². The number of unbranched alkanes of at least 4 members (excludes halogenated alkanes) is 7. The maximum absolute atomic E-state index is 5.71. The van der Waals surface area contributed by atoms with Gasteiger partial charge in [-0.1, -0.05) is 51.9 Å². The molecule has 3 atom stereocenters. The fraction of sp³-hybridized carbons (Fsp3) is 1.00. The van der Waals surface area contributed by atoms with E-state index in [-0.39, 0.29) is 18.5 Å². The molecule has 1 aliphatic heterocycles. The Labute approximate surface area is 107 Å². The maximum Gasteiger partial charge on any atom is 0.158 e. The van der Waals surface area contributed by atoms with Crippen LogP contribution < -0.4 is 0 Å². The smallest absolute Gasteiger partial charge is 0.158 e. The van der Waals surface area contributed by atoms with Crippen LogP contribution >= 0.6 is 0 Å². The molecule has 0 bridgehead atoms. The van der Waals surface area contributed by atoms with Gasteiger partial charge in [0, 0.05) is 0 Å². The summed E-state index contributed by atoms with van der Waals surface area (Å²) < 4.78 is 11.4. The van der Waals surface area contributed by atoms with Crippen LogP contribution in [0, 0.1) is 0 Å². The highest BCUT2D eigenvalue weighted by atomic mass is 16.7. The van der Waals surface area contributed by atoms with Crippen LogP contribution in [0.4, 0.5) is 0 Å². The first kappa shape index (κ1) is 15.0. The third kappa shape index (κ3) is 6.42. The molecule has 0 aliphatic carbocycles. The summed E-state index contributed by atoms with van der Waals surface area (Å²) in [4.78, 5) is 0. The van der Waals surface area contributed by atoms with Gasteiger partial charge in [0.1, 0.15) is 0 Å². The minimum absolute atomic E-state index is 0.0695. The lowest BCUT2D eigenvalue weighted by Gasteiger charge is -2.09. The number of hydrogen-bond donors (Lipinski definition) is 0. The molecule has 0 saturated carbocycles. The van der Waals surface area contributed by atoms with Crippen molar-refractivity contribution in [3.63, 3.8) is 0 Å². The maximum atomic E-state index is 5.71. The molecule has 1 aliphatic rings. The average molecular weight is 242 g/mol. The summed E-state index contributed by atoms with van der Waals surface area (Å²) in [7, 11) is 0. The van der Waals surface area contributed by atoms with E-state index in [1.54, 1.807) is 0 Å². The molecule has 102 valence electrons. The lowest BCUT2D eigenvalue weighted by Crippen LogP contribution is -2.13. The number of hydrogen-bond acceptors (Lipinski definition) is 2. The van der Waals surface area contributed by atoms with E-state index in [1.165, 1.54) is 51.4 Å². The van der Waals surface area contributed by atoms with E-state index in [4.69, 9.17) is 9.47 Å². The van der Waals surface area contributed by atoms with Crippen LogP contribution in [0.25, 0.3) is 0 Å². The average Bonchev–Trinajstić information content (AvgIpc) is 2.62. The number of rotatable bonds is 9. The van der Waals surface area contributed by atoms with Crippen molar-refractivity contribution in [2.75, 3.05) is 0 Å². The Morgan fingerprint density at radius 3 is 1.71 bits per heavy atom. The third-order valence-electron chi connectivity index (χ3n) is 3.69. The van der Waals surface area contributed by atoms with Crippen molar-refractivity contribution < 1.29 is 9.47 Å². The van der Waals surface area contributed by atoms with Gasteiger partial charge < -0.3 is 9.47 Å². The molecular weight excluding hydrogens is 212 g/mol. The first-order chi connectivity index (χ1) is 8.24. The zero-order valence-corrected chi connectivity index (χ0v) is 11.9. The number of ether oxygens (including phenoxy) is 2. The molecule has 1 heterocycles. The molecule has 17 heavy (non-hydrogen) atoms. The molecule has 0 aromatic heterocycles. The van der Waals surface area contributed by atoms with E-state index in [9.17, 15) is 0 Å². The summed E-state index contributed by atoms with van der Waals surface area (Å²) in [5.41, 5.74) is 0. The van der Waals surface area contributed by atoms with Gasteiger partial charge in [-0.05, 0) is 26.7 Å². The van der Waals surface area contributed by atoms with Crippen LogP contribution in [0.2, 0.25) is 0 Å². The van der Waals surface area contributed by atoms with Crippen molar-refractivity contribution in [3.8, 4) is 0 Å². The molecule has 1 fully saturated rings. The molecule has 1 rings (SSSR count). The minimum Gasteiger partial charge on any atom is -0.347 e. The summed E-state index contributed by atoms with van der Waals surface area (Å²) in [6.07, 6.45) is 12.6. The predicted molar refractivity (Wildman–Crippen MR) is 72.1 cm³/mol. The summed E-state index contributed by atoms with van der Waals surface area (Å²) in [5, 5.41) is 0. The van der Waals surface area contributed by atoms with Crippen LogP contribution in [0.1, 0.15) is 78.6 Å². The van der Waals surface area contributed by atoms with Gasteiger partial charge >= 0.3 is 0 Å². The van der Waals surface area contributed by atoms with Crippen molar-refractivity contribution >= 4 is 0 Å². The Morgan fingerprint density at radius 2 is 1.18 bits per heavy atom. The largest absolute Gasteiger partial charge is 0.347 e. The molecule has 0 aromatic carbocycles. The van der Waals surface area contributed by atoms with Crippen molar-refractivity contribution in [2.45, 2.75) is 97.1 Å². The Hall–Kier alpha value is -0.0800. The molecule has 2 nitrogen and oxygen atoms in total. The Bertz CT molecular complexity index is 172. The van der Waals surface area contributed by atoms with Gasteiger partial charge in [0.25, 0.3) is 0 Å². The second-order valence-corrected chi connectivity index (χ2v) is 5.38. The van der Waals surface area contributed by atoms with Gasteiger partial charge in [0.05, 0.1) is 12.2 Å². The Kier molecular flexibility index (Phi) is 7.87. The van der Waals surface area contributed by atoms with E-state index in [0.717, 1.165) is 6.42 Å². The zero-order valence-electron chi connectivity index (χ0n) is 11.9. The Morgan fingerprint density at radius 1 is 0.706 bits per heavy atom. The highest BCUT2D eigenvalue weighted by Gasteiger charge is 2.28. The van der Waals surface area contributed by atoms with Crippen LogP contribution in [-0.4, -0.2) is 18.5 Å². The predicted octanol–water partition coefficient (Wildman–Crippen LogP) is 4.67. The van der Waals surface area contributed by atoms with E-state index in [0.29, 0.717) is 0 Å². The summed E-state index contributed by atoms with van der Waals surface area (Å²) >= 11 is 0. The first-order valence-electron chi connectivity index (χ1n) is 7.55. The highest BCUT2D eigenvalue weighted by molar-refractivity contribution is 4.69. The fourth-order valence-corrected chi connectivity index (χ4v) is 2.31. The van der Waals surface area contributed by atoms with Gasteiger partial charge in [-0.15, -0.1) is 0 Å². The topological polar surface area (TPSA) is 18.5 Å². The molecule has 2 heteroatoms. The van der Waals surface area contributed by atoms with Crippen LogP contribution in [-0.2, 0) is 9.47 Å². The van der Waals surface area contributed by atoms with Crippen LogP contribution in [0.15, 0.2) is 0 Å². The SMILES string of the molecule is CCCCCCCCCCC1O[C@@H](C)[C@@H](C)O1. The zero-order chi connectivity index (χ0) is 12.5.